The minimum absolute atomic E-state index is 0.142. The maximum absolute atomic E-state index is 13.5. The van der Waals surface area contributed by atoms with E-state index in [4.69, 9.17) is 14.3 Å². The van der Waals surface area contributed by atoms with Crippen molar-refractivity contribution in [2.24, 2.45) is 5.16 Å². The number of aromatic hydroxyl groups is 2. The number of nitrogens with zero attached hydrogens (tertiary/aromatic N) is 2. The number of hydrogen-bond donors (Lipinski definition) is 2. The first-order valence-electron chi connectivity index (χ1n) is 12.6. The number of phenols is 2. The fraction of sp³-hybridized carbons (Fsp3) is 0.300. The van der Waals surface area contributed by atoms with E-state index in [2.05, 4.69) is 10.1 Å². The molecule has 200 valence electrons. The summed E-state index contributed by atoms with van der Waals surface area (Å²) in [6.45, 7) is 2.46. The lowest BCUT2D eigenvalue weighted by atomic mass is 9.76. The van der Waals surface area contributed by atoms with Gasteiger partial charge in [-0.15, -0.1) is 0 Å². The second-order valence-electron chi connectivity index (χ2n) is 10.3. The summed E-state index contributed by atoms with van der Waals surface area (Å²) in [7, 11) is 4.63. The molecular formula is C30H28N2O7. The molecule has 2 unspecified atom stereocenters. The Hall–Kier alpha value is -4.37. The zero-order chi connectivity index (χ0) is 27.6. The lowest BCUT2D eigenvalue weighted by Crippen LogP contribution is -2.50. The first-order chi connectivity index (χ1) is 18.7. The molecule has 3 aromatic rings. The molecule has 39 heavy (non-hydrogen) atoms. The zero-order valence-electron chi connectivity index (χ0n) is 22.1. The van der Waals surface area contributed by atoms with E-state index in [0.717, 1.165) is 11.3 Å². The van der Waals surface area contributed by atoms with E-state index in [9.17, 15) is 19.8 Å². The van der Waals surface area contributed by atoms with Crippen LogP contribution in [0.2, 0.25) is 0 Å². The molecular weight excluding hydrogens is 500 g/mol. The average molecular weight is 529 g/mol. The zero-order valence-corrected chi connectivity index (χ0v) is 22.1. The van der Waals surface area contributed by atoms with Crippen molar-refractivity contribution in [3.05, 3.63) is 81.4 Å². The molecule has 0 amide bonds. The number of oxime groups is 1. The van der Waals surface area contributed by atoms with Crippen molar-refractivity contribution in [1.29, 1.82) is 0 Å². The topological polar surface area (TPSA) is 118 Å². The highest BCUT2D eigenvalue weighted by atomic mass is 16.6. The molecule has 0 spiro atoms. The standard InChI is InChI=1S/C30H28N2O7/c1-30-13-18-23(29(36)25-24(28(18)35)26(33)16-7-5-6-8-17(16)27(25)34)19(12-22(30)31-39-4)32(30)14-15-9-10-20(37-2)21(11-15)38-3/h5-11,19,35-36H,12-14H2,1-4H3/b31-22+. The molecule has 3 aromatic carbocycles. The van der Waals surface area contributed by atoms with Crippen LogP contribution in [-0.2, 0) is 17.8 Å². The maximum Gasteiger partial charge on any atom is 0.198 e. The highest BCUT2D eigenvalue weighted by Crippen LogP contribution is 2.56. The van der Waals surface area contributed by atoms with Crippen molar-refractivity contribution in [3.8, 4) is 23.0 Å². The third-order valence-corrected chi connectivity index (χ3v) is 8.34. The summed E-state index contributed by atoms with van der Waals surface area (Å²) >= 11 is 0. The Morgan fingerprint density at radius 3 is 2.21 bits per heavy atom. The van der Waals surface area contributed by atoms with Crippen LogP contribution >= 0.6 is 0 Å². The lowest BCUT2D eigenvalue weighted by molar-refractivity contribution is 0.0962. The van der Waals surface area contributed by atoms with Crippen LogP contribution in [0.15, 0.2) is 47.6 Å². The fourth-order valence-corrected chi connectivity index (χ4v) is 6.46. The molecule has 2 aliphatic heterocycles. The molecule has 2 atom stereocenters. The Labute approximate surface area is 225 Å². The Morgan fingerprint density at radius 2 is 1.59 bits per heavy atom. The van der Waals surface area contributed by atoms with E-state index in [0.29, 0.717) is 35.6 Å². The Balaban J connectivity index is 1.53. The van der Waals surface area contributed by atoms with Crippen LogP contribution in [0.5, 0.6) is 23.0 Å². The van der Waals surface area contributed by atoms with Gasteiger partial charge in [0, 0.05) is 47.7 Å². The fourth-order valence-electron chi connectivity index (χ4n) is 6.46. The van der Waals surface area contributed by atoms with E-state index in [-0.39, 0.29) is 40.2 Å². The van der Waals surface area contributed by atoms with Gasteiger partial charge in [0.05, 0.1) is 36.6 Å². The monoisotopic (exact) mass is 528 g/mol. The van der Waals surface area contributed by atoms with E-state index < -0.39 is 23.1 Å². The molecule has 0 aromatic heterocycles. The van der Waals surface area contributed by atoms with Crippen molar-refractivity contribution >= 4 is 17.3 Å². The molecule has 9 heteroatoms. The largest absolute Gasteiger partial charge is 0.507 e. The number of carbonyl (C=O) groups excluding carboxylic acids is 2. The molecule has 2 N–H and O–H groups in total. The third kappa shape index (κ3) is 3.39. The Kier molecular flexibility index (Phi) is 5.65. The average Bonchev–Trinajstić information content (AvgIpc) is 3.10. The number of methoxy groups -OCH3 is 2. The van der Waals surface area contributed by atoms with Crippen LogP contribution in [0, 0.1) is 0 Å². The highest BCUT2D eigenvalue weighted by molar-refractivity contribution is 6.30. The molecule has 1 aliphatic carbocycles. The van der Waals surface area contributed by atoms with Gasteiger partial charge in [0.2, 0.25) is 0 Å². The molecule has 9 nitrogen and oxygen atoms in total. The second-order valence-corrected chi connectivity index (χ2v) is 10.3. The van der Waals surface area contributed by atoms with Crippen molar-refractivity contribution in [2.75, 3.05) is 21.3 Å². The maximum atomic E-state index is 13.5. The molecule has 1 fully saturated rings. The van der Waals surface area contributed by atoms with Crippen LogP contribution in [0.3, 0.4) is 0 Å². The van der Waals surface area contributed by atoms with E-state index >= 15 is 0 Å². The normalized spacial score (nSPS) is 22.4. The SMILES string of the molecule is CO/N=C1\CC2c3c(O)c4c(c(O)c3CC1(C)N2Cc1ccc(OC)c(OC)c1)C(=O)c1ccccc1C4=O. The summed E-state index contributed by atoms with van der Waals surface area (Å²) in [6.07, 6.45) is 0.666. The summed E-state index contributed by atoms with van der Waals surface area (Å²) < 4.78 is 10.9. The number of hydrogen-bond acceptors (Lipinski definition) is 9. The molecule has 0 radical (unpaired) electrons. The molecule has 0 saturated carbocycles. The van der Waals surface area contributed by atoms with Gasteiger partial charge in [-0.25, -0.2) is 0 Å². The van der Waals surface area contributed by atoms with Crippen molar-refractivity contribution < 1.29 is 34.1 Å². The number of ketones is 2. The van der Waals surface area contributed by atoms with E-state index in [1.165, 1.54) is 7.11 Å². The number of benzene rings is 3. The highest BCUT2D eigenvalue weighted by Gasteiger charge is 2.55. The summed E-state index contributed by atoms with van der Waals surface area (Å²) in [5, 5.41) is 27.5. The van der Waals surface area contributed by atoms with Crippen LogP contribution in [0.25, 0.3) is 0 Å². The molecule has 2 heterocycles. The Bertz CT molecular complexity index is 1590. The van der Waals surface area contributed by atoms with Gasteiger partial charge >= 0.3 is 0 Å². The van der Waals surface area contributed by atoms with Gasteiger partial charge in [0.15, 0.2) is 23.1 Å². The van der Waals surface area contributed by atoms with Crippen molar-refractivity contribution in [3.63, 3.8) is 0 Å². The predicted octanol–water partition coefficient (Wildman–Crippen LogP) is 4.15. The summed E-state index contributed by atoms with van der Waals surface area (Å²) in [4.78, 5) is 34.4. The van der Waals surface area contributed by atoms with Gasteiger partial charge in [-0.3, -0.25) is 14.5 Å². The van der Waals surface area contributed by atoms with E-state index in [1.54, 1.807) is 38.5 Å². The first kappa shape index (κ1) is 24.9. The summed E-state index contributed by atoms with van der Waals surface area (Å²) in [6, 6.07) is 11.7. The van der Waals surface area contributed by atoms with Crippen LogP contribution in [0.1, 0.15) is 67.9 Å². The Morgan fingerprint density at radius 1 is 0.949 bits per heavy atom. The molecule has 6 rings (SSSR count). The minimum atomic E-state index is -0.696. The number of phenolic OH excluding ortho intramolecular Hbond substituents is 2. The van der Waals surface area contributed by atoms with Gasteiger partial charge in [-0.2, -0.15) is 0 Å². The molecule has 3 aliphatic rings. The third-order valence-electron chi connectivity index (χ3n) is 8.34. The van der Waals surface area contributed by atoms with Crippen LogP contribution in [-0.4, -0.2) is 59.3 Å². The number of rotatable bonds is 5. The predicted molar refractivity (Wildman–Crippen MR) is 142 cm³/mol. The second kappa shape index (κ2) is 8.84. The van der Waals surface area contributed by atoms with Gasteiger partial charge in [-0.1, -0.05) is 35.5 Å². The number of carbonyl (C=O) groups is 2. The lowest BCUT2D eigenvalue weighted by Gasteiger charge is -2.44. The summed E-state index contributed by atoms with van der Waals surface area (Å²) in [5.41, 5.74) is 2.00. The van der Waals surface area contributed by atoms with Gasteiger partial charge in [-0.05, 0) is 24.6 Å². The number of ether oxygens (including phenoxy) is 2. The minimum Gasteiger partial charge on any atom is -0.507 e. The van der Waals surface area contributed by atoms with Crippen LogP contribution in [0.4, 0.5) is 0 Å². The van der Waals surface area contributed by atoms with E-state index in [1.807, 2.05) is 25.1 Å². The van der Waals surface area contributed by atoms with Crippen molar-refractivity contribution in [1.82, 2.24) is 4.90 Å². The number of fused-ring (bicyclic) bond motifs is 6. The van der Waals surface area contributed by atoms with Gasteiger partial charge in [0.25, 0.3) is 0 Å². The summed E-state index contributed by atoms with van der Waals surface area (Å²) in [5.74, 6) is -0.294. The molecule has 2 bridgehead atoms. The first-order valence-corrected chi connectivity index (χ1v) is 12.6. The quantitative estimate of drug-likeness (QED) is 0.293. The van der Waals surface area contributed by atoms with Gasteiger partial charge in [0.1, 0.15) is 18.6 Å². The van der Waals surface area contributed by atoms with Crippen LogP contribution < -0.4 is 9.47 Å². The van der Waals surface area contributed by atoms with Gasteiger partial charge < -0.3 is 24.5 Å². The van der Waals surface area contributed by atoms with Crippen molar-refractivity contribution in [2.45, 2.75) is 37.9 Å². The smallest absolute Gasteiger partial charge is 0.198 e. The molecule has 1 saturated heterocycles.